The van der Waals surface area contributed by atoms with Crippen LogP contribution >= 0.6 is 0 Å². The van der Waals surface area contributed by atoms with E-state index < -0.39 is 12.1 Å². The average Bonchev–Trinajstić information content (AvgIpc) is 3.37. The molecule has 0 aliphatic carbocycles. The number of hydrogen-bond donors (Lipinski definition) is 0. The van der Waals surface area contributed by atoms with E-state index in [1.807, 2.05) is 12.2 Å². The van der Waals surface area contributed by atoms with Crippen molar-refractivity contribution in [3.8, 4) is 0 Å². The highest BCUT2D eigenvalue weighted by atomic mass is 16.6. The van der Waals surface area contributed by atoms with Crippen molar-refractivity contribution in [2.75, 3.05) is 13.2 Å². The van der Waals surface area contributed by atoms with E-state index in [0.717, 1.165) is 128 Å². The van der Waals surface area contributed by atoms with E-state index >= 15 is 0 Å². The second-order valence-corrected chi connectivity index (χ2v) is 18.1. The summed E-state index contributed by atoms with van der Waals surface area (Å²) in [6.45, 7) is 6.35. The molecule has 6 heteroatoms. The number of rotatable bonds is 49. The Morgan fingerprint density at radius 3 is 0.901 bits per heavy atom. The Balaban J connectivity index is 4.62. The second kappa shape index (κ2) is 57.9. The van der Waals surface area contributed by atoms with Gasteiger partial charge in [0.25, 0.3) is 0 Å². The van der Waals surface area contributed by atoms with E-state index in [9.17, 15) is 14.4 Å². The van der Waals surface area contributed by atoms with Crippen LogP contribution in [-0.4, -0.2) is 37.2 Å². The molecule has 0 N–H and O–H groups in total. The zero-order valence-corrected chi connectivity index (χ0v) is 45.4. The maximum Gasteiger partial charge on any atom is 0.306 e. The molecule has 0 heterocycles. The van der Waals surface area contributed by atoms with Crippen molar-refractivity contribution in [1.29, 1.82) is 0 Å². The van der Waals surface area contributed by atoms with Gasteiger partial charge in [0.05, 0.1) is 0 Å². The normalized spacial score (nSPS) is 12.8. The molecule has 0 spiro atoms. The van der Waals surface area contributed by atoms with Gasteiger partial charge < -0.3 is 14.2 Å². The molecular weight excluding hydrogens is 877 g/mol. The van der Waals surface area contributed by atoms with Crippen LogP contribution in [0.5, 0.6) is 0 Å². The number of carbonyl (C=O) groups excluding carboxylic acids is 3. The van der Waals surface area contributed by atoms with Crippen molar-refractivity contribution in [3.05, 3.63) is 146 Å². The minimum atomic E-state index is -0.844. The Hall–Kier alpha value is -4.71. The van der Waals surface area contributed by atoms with Crippen LogP contribution in [0.4, 0.5) is 0 Å². The molecule has 398 valence electrons. The van der Waals surface area contributed by atoms with Gasteiger partial charge in [-0.2, -0.15) is 0 Å². The van der Waals surface area contributed by atoms with E-state index in [0.29, 0.717) is 19.3 Å². The van der Waals surface area contributed by atoms with Crippen molar-refractivity contribution in [2.45, 2.75) is 232 Å². The number of unbranched alkanes of at least 4 members (excludes halogenated alkanes) is 14. The molecule has 0 saturated heterocycles. The van der Waals surface area contributed by atoms with Crippen molar-refractivity contribution in [2.24, 2.45) is 0 Å². The van der Waals surface area contributed by atoms with Crippen LogP contribution in [0.25, 0.3) is 0 Å². The summed E-state index contributed by atoms with van der Waals surface area (Å²) < 4.78 is 16.7. The molecule has 0 aromatic heterocycles. The fourth-order valence-electron chi connectivity index (χ4n) is 7.07. The average molecular weight is 980 g/mol. The number of allylic oxidation sites excluding steroid dienone is 24. The second-order valence-electron chi connectivity index (χ2n) is 18.1. The van der Waals surface area contributed by atoms with Crippen LogP contribution in [0.2, 0.25) is 0 Å². The molecule has 0 amide bonds. The third kappa shape index (κ3) is 56.1. The maximum absolute atomic E-state index is 12.8. The summed E-state index contributed by atoms with van der Waals surface area (Å²) in [5.74, 6) is -1.07. The number of carbonyl (C=O) groups is 3. The van der Waals surface area contributed by atoms with E-state index in [2.05, 4.69) is 154 Å². The lowest BCUT2D eigenvalue weighted by Crippen LogP contribution is -2.30. The predicted octanol–water partition coefficient (Wildman–Crippen LogP) is 19.2. The quantitative estimate of drug-likeness (QED) is 0.0262. The molecule has 0 atom stereocenters. The van der Waals surface area contributed by atoms with E-state index in [1.54, 1.807) is 0 Å². The molecule has 0 saturated carbocycles. The van der Waals surface area contributed by atoms with E-state index in [4.69, 9.17) is 14.2 Å². The van der Waals surface area contributed by atoms with E-state index in [-0.39, 0.29) is 31.6 Å². The van der Waals surface area contributed by atoms with Crippen LogP contribution in [0.15, 0.2) is 146 Å². The third-order valence-corrected chi connectivity index (χ3v) is 11.3. The molecule has 0 aliphatic heterocycles. The molecule has 6 nitrogen and oxygen atoms in total. The van der Waals surface area contributed by atoms with Gasteiger partial charge in [0.15, 0.2) is 6.10 Å². The zero-order valence-electron chi connectivity index (χ0n) is 45.4. The lowest BCUT2D eigenvalue weighted by molar-refractivity contribution is -0.166. The summed E-state index contributed by atoms with van der Waals surface area (Å²) in [5, 5.41) is 0. The van der Waals surface area contributed by atoms with Gasteiger partial charge in [0.1, 0.15) is 13.2 Å². The van der Waals surface area contributed by atoms with Gasteiger partial charge in [0.2, 0.25) is 0 Å². The monoisotopic (exact) mass is 979 g/mol. The summed E-state index contributed by atoms with van der Waals surface area (Å²) in [5.41, 5.74) is 0. The SMILES string of the molecule is CC/C=C\C/C=C\C/C=C\C/C=C\C/C=C\C/C=C\CCC(=O)OC(COC(=O)CCCCCC/C=C\C/C=C\C/C=C\CCCCC)COC(=O)CCCCCC/C=C\C/C=C\C/C=C\CCCCC. The number of ether oxygens (including phenoxy) is 3. The van der Waals surface area contributed by atoms with Crippen molar-refractivity contribution in [1.82, 2.24) is 0 Å². The smallest absolute Gasteiger partial charge is 0.306 e. The molecule has 71 heavy (non-hydrogen) atoms. The summed E-state index contributed by atoms with van der Waals surface area (Å²) in [7, 11) is 0. The first-order valence-electron chi connectivity index (χ1n) is 28.3. The molecule has 0 fully saturated rings. The number of hydrogen-bond acceptors (Lipinski definition) is 6. The molecule has 0 aromatic rings. The lowest BCUT2D eigenvalue weighted by atomic mass is 10.1. The fraction of sp³-hybridized carbons (Fsp3) is 0.585. The van der Waals surface area contributed by atoms with Crippen molar-refractivity contribution < 1.29 is 28.6 Å². The Morgan fingerprint density at radius 1 is 0.296 bits per heavy atom. The molecule has 0 bridgehead atoms. The Morgan fingerprint density at radius 2 is 0.577 bits per heavy atom. The minimum absolute atomic E-state index is 0.133. The summed E-state index contributed by atoms with van der Waals surface area (Å²) in [6.07, 6.45) is 82.7. The first kappa shape index (κ1) is 66.3. The highest BCUT2D eigenvalue weighted by molar-refractivity contribution is 5.71. The highest BCUT2D eigenvalue weighted by Gasteiger charge is 2.19. The topological polar surface area (TPSA) is 78.9 Å². The largest absolute Gasteiger partial charge is 0.462 e. The minimum Gasteiger partial charge on any atom is -0.462 e. The van der Waals surface area contributed by atoms with Gasteiger partial charge in [-0.05, 0) is 135 Å². The van der Waals surface area contributed by atoms with Crippen molar-refractivity contribution >= 4 is 17.9 Å². The summed E-state index contributed by atoms with van der Waals surface area (Å²) >= 11 is 0. The van der Waals surface area contributed by atoms with Gasteiger partial charge in [-0.25, -0.2) is 0 Å². The predicted molar refractivity (Wildman–Crippen MR) is 306 cm³/mol. The lowest BCUT2D eigenvalue weighted by Gasteiger charge is -2.18. The van der Waals surface area contributed by atoms with Crippen LogP contribution in [-0.2, 0) is 28.6 Å². The van der Waals surface area contributed by atoms with Gasteiger partial charge in [0, 0.05) is 19.3 Å². The molecular formula is C65H102O6. The van der Waals surface area contributed by atoms with Gasteiger partial charge in [-0.15, -0.1) is 0 Å². The Kier molecular flexibility index (Phi) is 54.0. The number of esters is 3. The first-order valence-corrected chi connectivity index (χ1v) is 28.3. The van der Waals surface area contributed by atoms with Gasteiger partial charge in [-0.1, -0.05) is 218 Å². The maximum atomic E-state index is 12.8. The standard InChI is InChI=1S/C65H102O6/c1-4-7-10-13-16-19-22-25-28-31-32-35-38-41-44-47-50-53-56-59-65(68)71-62(60-69-63(66)57-54-51-48-45-42-39-36-33-29-26-23-20-17-14-11-8-5-2)61-70-64(67)58-55-52-49-46-43-40-37-34-30-27-24-21-18-15-12-9-6-3/h7,10,16-21,25-30,32,35-37,39-41,44,50,53,62H,4-6,8-9,11-15,22-24,31,33-34,38,42-43,45-49,51-52,54-61H2,1-3H3/b10-7-,19-16-,20-17-,21-18-,28-25-,29-26-,30-27-,35-32-,39-36-,40-37-,44-41-,53-50-. The third-order valence-electron chi connectivity index (χ3n) is 11.3. The molecule has 0 rings (SSSR count). The van der Waals surface area contributed by atoms with Crippen molar-refractivity contribution in [3.63, 3.8) is 0 Å². The fourth-order valence-corrected chi connectivity index (χ4v) is 7.07. The first-order chi connectivity index (χ1) is 35.0. The molecule has 0 radical (unpaired) electrons. The Labute approximate surface area is 436 Å². The van der Waals surface area contributed by atoms with Crippen LogP contribution in [0.1, 0.15) is 226 Å². The summed E-state index contributed by atoms with van der Waals surface area (Å²) in [4.78, 5) is 38.1. The zero-order chi connectivity index (χ0) is 51.4. The van der Waals surface area contributed by atoms with E-state index in [1.165, 1.54) is 51.4 Å². The van der Waals surface area contributed by atoms with Crippen LogP contribution < -0.4 is 0 Å². The molecule has 0 aromatic carbocycles. The highest BCUT2D eigenvalue weighted by Crippen LogP contribution is 2.11. The Bertz CT molecular complexity index is 1520. The molecule has 0 unspecified atom stereocenters. The van der Waals surface area contributed by atoms with Crippen LogP contribution in [0.3, 0.4) is 0 Å². The summed E-state index contributed by atoms with van der Waals surface area (Å²) in [6, 6.07) is 0. The van der Waals surface area contributed by atoms with Gasteiger partial charge in [-0.3, -0.25) is 14.4 Å². The van der Waals surface area contributed by atoms with Gasteiger partial charge >= 0.3 is 17.9 Å². The van der Waals surface area contributed by atoms with Crippen LogP contribution in [0, 0.1) is 0 Å². The molecule has 0 aliphatic rings.